The Morgan fingerprint density at radius 1 is 1.35 bits per heavy atom. The minimum Gasteiger partial charge on any atom is -0.384 e. The number of thioether (sulfide) groups is 1. The zero-order chi connectivity index (χ0) is 19.0. The van der Waals surface area contributed by atoms with E-state index in [4.69, 9.17) is 5.73 Å². The van der Waals surface area contributed by atoms with Gasteiger partial charge >= 0.3 is 5.69 Å². The van der Waals surface area contributed by atoms with Gasteiger partial charge in [0.25, 0.3) is 5.56 Å². The molecule has 3 heterocycles. The molecule has 3 aromatic heterocycles. The minimum atomic E-state index is -0.711. The molecule has 0 saturated heterocycles. The van der Waals surface area contributed by atoms with Crippen LogP contribution in [0.3, 0.4) is 0 Å². The normalized spacial score (nSPS) is 12.3. The van der Waals surface area contributed by atoms with Crippen molar-refractivity contribution in [2.24, 2.45) is 14.1 Å². The van der Waals surface area contributed by atoms with E-state index in [-0.39, 0.29) is 11.4 Å². The van der Waals surface area contributed by atoms with E-state index in [9.17, 15) is 14.4 Å². The number of nitrogen functional groups attached to an aromatic ring is 1. The molecule has 0 aromatic carbocycles. The number of Topliss-reactive ketones (excluding diaryl/α,β-unsaturated/α-hetero) is 1. The van der Waals surface area contributed by atoms with E-state index in [0.717, 1.165) is 25.8 Å². The van der Waals surface area contributed by atoms with Crippen molar-refractivity contribution in [2.75, 3.05) is 5.73 Å². The summed E-state index contributed by atoms with van der Waals surface area (Å²) in [4.78, 5) is 42.2. The predicted octanol–water partition coefficient (Wildman–Crippen LogP) is 0.876. The molecule has 136 valence electrons. The van der Waals surface area contributed by atoms with Gasteiger partial charge in [-0.2, -0.15) is 0 Å². The molecule has 3 rings (SSSR count). The van der Waals surface area contributed by atoms with Gasteiger partial charge in [-0.05, 0) is 18.4 Å². The maximum absolute atomic E-state index is 12.7. The number of anilines is 1. The zero-order valence-corrected chi connectivity index (χ0v) is 15.8. The molecular weight excluding hydrogens is 376 g/mol. The second kappa shape index (κ2) is 6.92. The molecule has 0 amide bonds. The van der Waals surface area contributed by atoms with Gasteiger partial charge in [0, 0.05) is 14.1 Å². The van der Waals surface area contributed by atoms with Crippen molar-refractivity contribution >= 4 is 34.7 Å². The second-order valence-electron chi connectivity index (χ2n) is 5.53. The van der Waals surface area contributed by atoms with Crippen molar-refractivity contribution in [1.29, 1.82) is 0 Å². The maximum atomic E-state index is 12.7. The first-order valence-corrected chi connectivity index (χ1v) is 9.29. The number of nitrogens with two attached hydrogens (primary N) is 1. The van der Waals surface area contributed by atoms with Gasteiger partial charge < -0.3 is 5.73 Å². The number of nitrogens with one attached hydrogen (secondary N) is 1. The molecule has 0 saturated carbocycles. The first-order chi connectivity index (χ1) is 12.3. The fraction of sp³-hybridized carbons (Fsp3) is 0.267. The molecule has 0 fully saturated rings. The summed E-state index contributed by atoms with van der Waals surface area (Å²) >= 11 is 2.63. The van der Waals surface area contributed by atoms with Crippen LogP contribution in [0.4, 0.5) is 5.82 Å². The number of thiophene rings is 1. The molecule has 11 heteroatoms. The first-order valence-electron chi connectivity index (χ1n) is 7.54. The van der Waals surface area contributed by atoms with Gasteiger partial charge in [-0.3, -0.25) is 23.8 Å². The summed E-state index contributed by atoms with van der Waals surface area (Å²) < 4.78 is 1.94. The highest BCUT2D eigenvalue weighted by atomic mass is 32.2. The standard InChI is InChI=1S/C15H16N6O3S2/c1-7(26-14-17-12(18-19-14)8-5-4-6-25-8)10(22)9-11(16)20(2)15(24)21(3)13(9)23/h4-7H,16H2,1-3H3,(H,17,18,19). The molecule has 0 aliphatic rings. The smallest absolute Gasteiger partial charge is 0.332 e. The Balaban J connectivity index is 1.88. The van der Waals surface area contributed by atoms with E-state index in [1.54, 1.807) is 6.92 Å². The number of hydrogen-bond donors (Lipinski definition) is 2. The van der Waals surface area contributed by atoms with E-state index in [2.05, 4.69) is 15.2 Å². The number of carbonyl (C=O) groups excluding carboxylic acids is 1. The van der Waals surface area contributed by atoms with Crippen LogP contribution in [0.1, 0.15) is 17.3 Å². The van der Waals surface area contributed by atoms with Gasteiger partial charge in [-0.25, -0.2) is 9.78 Å². The van der Waals surface area contributed by atoms with E-state index >= 15 is 0 Å². The monoisotopic (exact) mass is 392 g/mol. The van der Waals surface area contributed by atoms with Gasteiger partial charge in [0.2, 0.25) is 5.16 Å². The summed E-state index contributed by atoms with van der Waals surface area (Å²) in [6, 6.07) is 3.81. The van der Waals surface area contributed by atoms with Gasteiger partial charge in [0.15, 0.2) is 11.6 Å². The van der Waals surface area contributed by atoms with Crippen molar-refractivity contribution in [3.63, 3.8) is 0 Å². The molecule has 3 aromatic rings. The van der Waals surface area contributed by atoms with Crippen molar-refractivity contribution in [1.82, 2.24) is 24.3 Å². The highest BCUT2D eigenvalue weighted by Crippen LogP contribution is 2.26. The molecule has 1 unspecified atom stereocenters. The van der Waals surface area contributed by atoms with Gasteiger partial charge in [-0.15, -0.1) is 16.4 Å². The Morgan fingerprint density at radius 3 is 2.73 bits per heavy atom. The summed E-state index contributed by atoms with van der Waals surface area (Å²) in [7, 11) is 2.72. The van der Waals surface area contributed by atoms with E-state index in [0.29, 0.717) is 11.0 Å². The topological polar surface area (TPSA) is 129 Å². The first kappa shape index (κ1) is 18.1. The Labute approximate surface area is 155 Å². The summed E-state index contributed by atoms with van der Waals surface area (Å²) in [5, 5.41) is 8.57. The Kier molecular flexibility index (Phi) is 4.83. The Morgan fingerprint density at radius 2 is 2.08 bits per heavy atom. The average Bonchev–Trinajstić information content (AvgIpc) is 3.29. The number of ketones is 1. The second-order valence-corrected chi connectivity index (χ2v) is 7.79. The number of nitrogens with zero attached hydrogens (tertiary/aromatic N) is 4. The molecule has 26 heavy (non-hydrogen) atoms. The predicted molar refractivity (Wildman–Crippen MR) is 101 cm³/mol. The summed E-state index contributed by atoms with van der Waals surface area (Å²) in [6.45, 7) is 1.64. The lowest BCUT2D eigenvalue weighted by Crippen LogP contribution is -2.42. The molecule has 0 aliphatic carbocycles. The van der Waals surface area contributed by atoms with Gasteiger partial charge in [-0.1, -0.05) is 17.8 Å². The molecule has 1 atom stereocenters. The summed E-state index contributed by atoms with van der Waals surface area (Å²) in [5.74, 6) is -0.0179. The number of hydrogen-bond acceptors (Lipinski definition) is 8. The quantitative estimate of drug-likeness (QED) is 0.487. The average molecular weight is 392 g/mol. The van der Waals surface area contributed by atoms with E-state index in [1.165, 1.54) is 25.4 Å². The van der Waals surface area contributed by atoms with Crippen LogP contribution in [-0.4, -0.2) is 35.3 Å². The van der Waals surface area contributed by atoms with Crippen LogP contribution in [0.15, 0.2) is 32.3 Å². The van der Waals surface area contributed by atoms with Crippen LogP contribution in [0.25, 0.3) is 10.7 Å². The molecule has 0 aliphatic heterocycles. The minimum absolute atomic E-state index is 0.148. The van der Waals surface area contributed by atoms with Crippen molar-refractivity contribution in [3.05, 3.63) is 43.9 Å². The van der Waals surface area contributed by atoms with E-state index < -0.39 is 22.3 Å². The highest BCUT2D eigenvalue weighted by molar-refractivity contribution is 8.00. The zero-order valence-electron chi connectivity index (χ0n) is 14.2. The van der Waals surface area contributed by atoms with Crippen molar-refractivity contribution in [3.8, 4) is 10.7 Å². The molecule has 9 nitrogen and oxygen atoms in total. The summed E-state index contributed by atoms with van der Waals surface area (Å²) in [6.07, 6.45) is 0. The third-order valence-corrected chi connectivity index (χ3v) is 5.66. The lowest BCUT2D eigenvalue weighted by atomic mass is 10.1. The molecule has 0 radical (unpaired) electrons. The molecule has 3 N–H and O–H groups in total. The third kappa shape index (κ3) is 3.10. The Bertz CT molecular complexity index is 1080. The van der Waals surface area contributed by atoms with Crippen molar-refractivity contribution in [2.45, 2.75) is 17.3 Å². The highest BCUT2D eigenvalue weighted by Gasteiger charge is 2.26. The molecule has 0 bridgehead atoms. The SMILES string of the molecule is CC(Sc1n[nH]c(-c2cccs2)n1)C(=O)c1c(N)n(C)c(=O)n(C)c1=O. The van der Waals surface area contributed by atoms with Gasteiger partial charge in [0.1, 0.15) is 11.4 Å². The van der Waals surface area contributed by atoms with Crippen LogP contribution in [0, 0.1) is 0 Å². The maximum Gasteiger partial charge on any atom is 0.332 e. The fourth-order valence-corrected chi connectivity index (χ4v) is 3.78. The molecular formula is C15H16N6O3S2. The number of aromatic amines is 1. The van der Waals surface area contributed by atoms with Crippen LogP contribution in [0.2, 0.25) is 0 Å². The van der Waals surface area contributed by atoms with Crippen LogP contribution >= 0.6 is 23.1 Å². The number of carbonyl (C=O) groups is 1. The fourth-order valence-electron chi connectivity index (χ4n) is 2.33. The lowest BCUT2D eigenvalue weighted by Gasteiger charge is -2.13. The van der Waals surface area contributed by atoms with Crippen molar-refractivity contribution < 1.29 is 4.79 Å². The van der Waals surface area contributed by atoms with Gasteiger partial charge in [0.05, 0.1) is 10.1 Å². The van der Waals surface area contributed by atoms with Crippen LogP contribution < -0.4 is 17.0 Å². The lowest BCUT2D eigenvalue weighted by molar-refractivity contribution is 0.0992. The number of H-pyrrole nitrogens is 1. The van der Waals surface area contributed by atoms with Crippen LogP contribution in [0.5, 0.6) is 0 Å². The van der Waals surface area contributed by atoms with Crippen LogP contribution in [-0.2, 0) is 14.1 Å². The number of aromatic nitrogens is 5. The van der Waals surface area contributed by atoms with E-state index in [1.807, 2.05) is 17.5 Å². The molecule has 0 spiro atoms. The largest absolute Gasteiger partial charge is 0.384 e. The summed E-state index contributed by atoms with van der Waals surface area (Å²) in [5.41, 5.74) is 4.34. The Hall–Kier alpha value is -2.66. The number of rotatable bonds is 5. The third-order valence-electron chi connectivity index (χ3n) is 3.83.